The average Bonchev–Trinajstić information content (AvgIpc) is 2.98. The molecule has 3 rings (SSSR count). The van der Waals surface area contributed by atoms with Crippen molar-refractivity contribution in [3.05, 3.63) is 69.4 Å². The summed E-state index contributed by atoms with van der Waals surface area (Å²) in [5, 5.41) is 5.03. The number of carbonyl (C=O) groups excluding carboxylic acids is 1. The lowest BCUT2D eigenvalue weighted by Crippen LogP contribution is -2.31. The summed E-state index contributed by atoms with van der Waals surface area (Å²) in [6.45, 7) is 3.81. The van der Waals surface area contributed by atoms with Crippen molar-refractivity contribution < 1.29 is 4.79 Å². The second kappa shape index (κ2) is 6.36. The molecule has 2 heterocycles. The third-order valence-corrected chi connectivity index (χ3v) is 4.33. The van der Waals surface area contributed by atoms with Crippen molar-refractivity contribution >= 4 is 33.8 Å². The van der Waals surface area contributed by atoms with E-state index < -0.39 is 11.5 Å². The smallest absolute Gasteiger partial charge is 0.271 e. The van der Waals surface area contributed by atoms with Gasteiger partial charge in [-0.1, -0.05) is 29.8 Å². The normalized spacial score (nSPS) is 10.7. The van der Waals surface area contributed by atoms with Crippen LogP contribution in [0.3, 0.4) is 0 Å². The zero-order chi connectivity index (χ0) is 16.4. The number of thiazole rings is 1. The van der Waals surface area contributed by atoms with Gasteiger partial charge in [0.2, 0.25) is 0 Å². The molecule has 0 bridgehead atoms. The monoisotopic (exact) mass is 345 g/mol. The molecular weight excluding hydrogens is 334 g/mol. The predicted molar refractivity (Wildman–Crippen MR) is 92.3 cm³/mol. The molecule has 0 aliphatic heterocycles. The number of carbonyl (C=O) groups is 1. The van der Waals surface area contributed by atoms with Gasteiger partial charge in [-0.25, -0.2) is 4.98 Å². The van der Waals surface area contributed by atoms with Crippen molar-refractivity contribution in [1.82, 2.24) is 14.7 Å². The molecule has 0 radical (unpaired) electrons. The van der Waals surface area contributed by atoms with Crippen molar-refractivity contribution in [2.45, 2.75) is 0 Å². The maximum absolute atomic E-state index is 12.7. The molecule has 1 aromatic carbocycles. The predicted octanol–water partition coefficient (Wildman–Crippen LogP) is 2.99. The maximum Gasteiger partial charge on any atom is 0.271 e. The Kier molecular flexibility index (Phi) is 4.27. The van der Waals surface area contributed by atoms with Gasteiger partial charge in [-0.2, -0.15) is 0 Å². The molecular formula is C16H12ClN3O2S. The largest absolute Gasteiger partial charge is 0.348 e. The van der Waals surface area contributed by atoms with Gasteiger partial charge in [0.25, 0.3) is 11.5 Å². The number of rotatable bonds is 4. The van der Waals surface area contributed by atoms with Gasteiger partial charge in [0.1, 0.15) is 5.56 Å². The highest BCUT2D eigenvalue weighted by atomic mass is 35.5. The van der Waals surface area contributed by atoms with Crippen molar-refractivity contribution in [2.75, 3.05) is 6.54 Å². The second-order valence-electron chi connectivity index (χ2n) is 4.72. The van der Waals surface area contributed by atoms with Crippen molar-refractivity contribution in [1.29, 1.82) is 0 Å². The number of hydrogen-bond donors (Lipinski definition) is 1. The van der Waals surface area contributed by atoms with Gasteiger partial charge in [-0.15, -0.1) is 17.9 Å². The second-order valence-corrected chi connectivity index (χ2v) is 5.99. The van der Waals surface area contributed by atoms with E-state index in [4.69, 9.17) is 11.6 Å². The van der Waals surface area contributed by atoms with Crippen LogP contribution >= 0.6 is 22.9 Å². The summed E-state index contributed by atoms with van der Waals surface area (Å²) in [5.74, 6) is -0.468. The fourth-order valence-electron chi connectivity index (χ4n) is 2.13. The molecule has 5 nitrogen and oxygen atoms in total. The first kappa shape index (κ1) is 15.5. The highest BCUT2D eigenvalue weighted by Crippen LogP contribution is 2.25. The van der Waals surface area contributed by atoms with E-state index in [1.807, 2.05) is 17.5 Å². The van der Waals surface area contributed by atoms with E-state index >= 15 is 0 Å². The zero-order valence-electron chi connectivity index (χ0n) is 12.0. The molecule has 0 saturated heterocycles. The van der Waals surface area contributed by atoms with Gasteiger partial charge in [0.05, 0.1) is 5.69 Å². The molecule has 0 atom stereocenters. The molecule has 0 aliphatic rings. The van der Waals surface area contributed by atoms with Gasteiger partial charge in [0, 0.05) is 23.1 Å². The minimum atomic E-state index is -0.468. The Morgan fingerprint density at radius 3 is 2.83 bits per heavy atom. The van der Waals surface area contributed by atoms with Gasteiger partial charge in [-0.05, 0) is 17.7 Å². The van der Waals surface area contributed by atoms with Crippen LogP contribution in [-0.4, -0.2) is 21.8 Å². The van der Waals surface area contributed by atoms with Gasteiger partial charge >= 0.3 is 0 Å². The Morgan fingerprint density at radius 1 is 1.39 bits per heavy atom. The SMILES string of the molecule is C=CCNC(=O)c1cnc2scc(-c3ccc(Cl)cc3)n2c1=O. The van der Waals surface area contributed by atoms with E-state index in [1.54, 1.807) is 18.2 Å². The Morgan fingerprint density at radius 2 is 2.13 bits per heavy atom. The lowest BCUT2D eigenvalue weighted by Gasteiger charge is -2.05. The van der Waals surface area contributed by atoms with E-state index in [1.165, 1.54) is 21.9 Å². The quantitative estimate of drug-likeness (QED) is 0.739. The van der Waals surface area contributed by atoms with Crippen LogP contribution in [0.25, 0.3) is 16.2 Å². The zero-order valence-corrected chi connectivity index (χ0v) is 13.5. The van der Waals surface area contributed by atoms with E-state index in [0.29, 0.717) is 15.7 Å². The molecule has 0 fully saturated rings. The standard InChI is InChI=1S/C16H12ClN3O2S/c1-2-7-18-14(21)12-8-19-16-20(15(12)22)13(9-23-16)10-3-5-11(17)6-4-10/h2-6,8-9H,1,7H2,(H,18,21). The van der Waals surface area contributed by atoms with Gasteiger partial charge < -0.3 is 5.32 Å². The van der Waals surface area contributed by atoms with Crippen molar-refractivity contribution in [2.24, 2.45) is 0 Å². The molecule has 2 aromatic heterocycles. The van der Waals surface area contributed by atoms with E-state index in [0.717, 1.165) is 5.56 Å². The minimum absolute atomic E-state index is 0.00189. The Hall–Kier alpha value is -2.44. The minimum Gasteiger partial charge on any atom is -0.348 e. The summed E-state index contributed by atoms with van der Waals surface area (Å²) in [7, 11) is 0. The number of amides is 1. The summed E-state index contributed by atoms with van der Waals surface area (Å²) >= 11 is 7.23. The first-order valence-corrected chi connectivity index (χ1v) is 8.02. The van der Waals surface area contributed by atoms with Crippen LogP contribution in [0.1, 0.15) is 10.4 Å². The van der Waals surface area contributed by atoms with Crippen LogP contribution in [0.2, 0.25) is 5.02 Å². The first-order valence-electron chi connectivity index (χ1n) is 6.76. The third-order valence-electron chi connectivity index (χ3n) is 3.24. The molecule has 116 valence electrons. The molecule has 0 unspecified atom stereocenters. The summed E-state index contributed by atoms with van der Waals surface area (Å²) in [6, 6.07) is 7.14. The molecule has 3 aromatic rings. The Balaban J connectivity index is 2.14. The fraction of sp³-hybridized carbons (Fsp3) is 0.0625. The number of fused-ring (bicyclic) bond motifs is 1. The lowest BCUT2D eigenvalue weighted by molar-refractivity contribution is 0.0956. The van der Waals surface area contributed by atoms with Crippen LogP contribution in [0.4, 0.5) is 0 Å². The Bertz CT molecular complexity index is 944. The van der Waals surface area contributed by atoms with Gasteiger partial charge in [-0.3, -0.25) is 14.0 Å². The number of halogens is 1. The summed E-state index contributed by atoms with van der Waals surface area (Å²) in [6.07, 6.45) is 2.85. The fourth-order valence-corrected chi connectivity index (χ4v) is 3.12. The highest BCUT2D eigenvalue weighted by molar-refractivity contribution is 7.15. The van der Waals surface area contributed by atoms with Crippen molar-refractivity contribution in [3.63, 3.8) is 0 Å². The van der Waals surface area contributed by atoms with E-state index in [-0.39, 0.29) is 12.1 Å². The molecule has 0 spiro atoms. The number of nitrogens with one attached hydrogen (secondary N) is 1. The van der Waals surface area contributed by atoms with E-state index in [2.05, 4.69) is 16.9 Å². The van der Waals surface area contributed by atoms with Crippen molar-refractivity contribution in [3.8, 4) is 11.3 Å². The molecule has 1 amide bonds. The summed E-state index contributed by atoms with van der Waals surface area (Å²) in [5.41, 5.74) is 1.10. The number of nitrogens with zero attached hydrogens (tertiary/aromatic N) is 2. The average molecular weight is 346 g/mol. The van der Waals surface area contributed by atoms with Crippen LogP contribution in [0.5, 0.6) is 0 Å². The Labute approximate surface area is 140 Å². The molecule has 7 heteroatoms. The maximum atomic E-state index is 12.7. The number of hydrogen-bond acceptors (Lipinski definition) is 4. The molecule has 23 heavy (non-hydrogen) atoms. The molecule has 0 aliphatic carbocycles. The van der Waals surface area contributed by atoms with Crippen LogP contribution < -0.4 is 10.9 Å². The first-order chi connectivity index (χ1) is 11.1. The number of aromatic nitrogens is 2. The number of benzene rings is 1. The summed E-state index contributed by atoms with van der Waals surface area (Å²) in [4.78, 5) is 29.5. The lowest BCUT2D eigenvalue weighted by atomic mass is 10.2. The van der Waals surface area contributed by atoms with Crippen LogP contribution in [0, 0.1) is 0 Å². The van der Waals surface area contributed by atoms with E-state index in [9.17, 15) is 9.59 Å². The highest BCUT2D eigenvalue weighted by Gasteiger charge is 2.16. The van der Waals surface area contributed by atoms with Crippen LogP contribution in [-0.2, 0) is 0 Å². The topological polar surface area (TPSA) is 63.5 Å². The molecule has 0 saturated carbocycles. The van der Waals surface area contributed by atoms with Crippen LogP contribution in [0.15, 0.2) is 53.3 Å². The third kappa shape index (κ3) is 2.91. The molecule has 1 N–H and O–H groups in total. The van der Waals surface area contributed by atoms with Gasteiger partial charge in [0.15, 0.2) is 4.96 Å². The summed E-state index contributed by atoms with van der Waals surface area (Å²) < 4.78 is 1.44.